The molecule has 0 aliphatic rings. The zero-order valence-corrected chi connectivity index (χ0v) is 14.3. The number of amides is 1. The molecule has 23 heavy (non-hydrogen) atoms. The van der Waals surface area contributed by atoms with E-state index in [2.05, 4.69) is 15.0 Å². The number of aromatic nitrogens is 1. The van der Waals surface area contributed by atoms with Crippen molar-refractivity contribution in [2.75, 3.05) is 13.6 Å². The SMILES string of the molecule is CNS(=O)(=O)c1csc(C(=O)NCCc2nc(C(=O)O)cs2)c1. The molecule has 0 fully saturated rings. The first-order valence-corrected chi connectivity index (χ1v) is 9.55. The smallest absolute Gasteiger partial charge is 0.355 e. The summed E-state index contributed by atoms with van der Waals surface area (Å²) in [6.45, 7) is 0.275. The van der Waals surface area contributed by atoms with Crippen molar-refractivity contribution in [1.29, 1.82) is 0 Å². The summed E-state index contributed by atoms with van der Waals surface area (Å²) in [5.74, 6) is -1.48. The van der Waals surface area contributed by atoms with Crippen molar-refractivity contribution in [2.24, 2.45) is 0 Å². The summed E-state index contributed by atoms with van der Waals surface area (Å²) >= 11 is 2.24. The lowest BCUT2D eigenvalue weighted by Crippen LogP contribution is -2.25. The van der Waals surface area contributed by atoms with E-state index in [9.17, 15) is 18.0 Å². The number of hydrogen-bond donors (Lipinski definition) is 3. The Hall–Kier alpha value is -1.82. The van der Waals surface area contributed by atoms with Crippen molar-refractivity contribution in [3.8, 4) is 0 Å². The summed E-state index contributed by atoms with van der Waals surface area (Å²) in [7, 11) is -2.27. The summed E-state index contributed by atoms with van der Waals surface area (Å²) < 4.78 is 25.4. The molecule has 2 rings (SSSR count). The minimum absolute atomic E-state index is 0.0171. The minimum Gasteiger partial charge on any atom is -0.476 e. The van der Waals surface area contributed by atoms with Gasteiger partial charge in [-0.2, -0.15) is 0 Å². The molecule has 3 N–H and O–H groups in total. The highest BCUT2D eigenvalue weighted by atomic mass is 32.2. The molecule has 2 aromatic rings. The van der Waals surface area contributed by atoms with E-state index < -0.39 is 16.0 Å². The van der Waals surface area contributed by atoms with Gasteiger partial charge in [0.2, 0.25) is 10.0 Å². The first-order valence-electron chi connectivity index (χ1n) is 6.31. The van der Waals surface area contributed by atoms with E-state index in [-0.39, 0.29) is 27.9 Å². The highest BCUT2D eigenvalue weighted by molar-refractivity contribution is 7.89. The predicted octanol–water partition coefficient (Wildman–Crippen LogP) is 0.783. The molecule has 2 heterocycles. The van der Waals surface area contributed by atoms with E-state index in [1.54, 1.807) is 0 Å². The first-order chi connectivity index (χ1) is 10.8. The summed E-state index contributed by atoms with van der Waals surface area (Å²) in [4.78, 5) is 26.9. The fraction of sp³-hybridized carbons (Fsp3) is 0.250. The molecule has 0 aliphatic heterocycles. The number of nitrogens with zero attached hydrogens (tertiary/aromatic N) is 1. The number of carboxylic acid groups (broad SMARTS) is 1. The fourth-order valence-corrected chi connectivity index (χ4v) is 4.28. The van der Waals surface area contributed by atoms with Crippen LogP contribution in [0.25, 0.3) is 0 Å². The van der Waals surface area contributed by atoms with Crippen LogP contribution in [0, 0.1) is 0 Å². The van der Waals surface area contributed by atoms with E-state index in [0.717, 1.165) is 11.3 Å². The Morgan fingerprint density at radius 2 is 2.04 bits per heavy atom. The van der Waals surface area contributed by atoms with Gasteiger partial charge in [0.05, 0.1) is 14.8 Å². The van der Waals surface area contributed by atoms with Crippen LogP contribution in [-0.4, -0.2) is 44.0 Å². The molecule has 2 aromatic heterocycles. The van der Waals surface area contributed by atoms with Crippen molar-refractivity contribution in [3.63, 3.8) is 0 Å². The molecule has 0 saturated carbocycles. The Balaban J connectivity index is 1.91. The van der Waals surface area contributed by atoms with E-state index in [1.807, 2.05) is 0 Å². The predicted molar refractivity (Wildman–Crippen MR) is 85.7 cm³/mol. The Morgan fingerprint density at radius 1 is 1.30 bits per heavy atom. The summed E-state index contributed by atoms with van der Waals surface area (Å²) in [5, 5.41) is 14.8. The van der Waals surface area contributed by atoms with Crippen LogP contribution in [0.4, 0.5) is 0 Å². The van der Waals surface area contributed by atoms with Crippen molar-refractivity contribution in [1.82, 2.24) is 15.0 Å². The van der Waals surface area contributed by atoms with E-state index in [0.29, 0.717) is 11.4 Å². The summed E-state index contributed by atoms with van der Waals surface area (Å²) in [6.07, 6.45) is 0.400. The van der Waals surface area contributed by atoms with Crippen LogP contribution in [-0.2, 0) is 16.4 Å². The molecule has 0 spiro atoms. The number of aromatic carboxylic acids is 1. The maximum absolute atomic E-state index is 11.9. The van der Waals surface area contributed by atoms with Gasteiger partial charge in [0.1, 0.15) is 0 Å². The zero-order chi connectivity index (χ0) is 17.0. The molecule has 0 saturated heterocycles. The van der Waals surface area contributed by atoms with Gasteiger partial charge in [-0.3, -0.25) is 4.79 Å². The van der Waals surface area contributed by atoms with Gasteiger partial charge in [-0.05, 0) is 13.1 Å². The van der Waals surface area contributed by atoms with Crippen LogP contribution in [0.3, 0.4) is 0 Å². The maximum atomic E-state index is 11.9. The van der Waals surface area contributed by atoms with Crippen molar-refractivity contribution in [2.45, 2.75) is 11.3 Å². The molecular formula is C12H13N3O5S3. The summed E-state index contributed by atoms with van der Waals surface area (Å²) in [6, 6.07) is 1.30. The minimum atomic E-state index is -3.56. The highest BCUT2D eigenvalue weighted by Crippen LogP contribution is 2.19. The Bertz CT molecular complexity index is 825. The van der Waals surface area contributed by atoms with Gasteiger partial charge in [-0.1, -0.05) is 0 Å². The van der Waals surface area contributed by atoms with E-state index in [4.69, 9.17) is 5.11 Å². The number of carbonyl (C=O) groups is 2. The Morgan fingerprint density at radius 3 is 2.65 bits per heavy atom. The van der Waals surface area contributed by atoms with Gasteiger partial charge in [0, 0.05) is 23.7 Å². The molecule has 0 bridgehead atoms. The molecule has 0 unspecified atom stereocenters. The second-order valence-corrected chi connectivity index (χ2v) is 8.03. The third-order valence-electron chi connectivity index (χ3n) is 2.77. The fourth-order valence-electron chi connectivity index (χ4n) is 1.59. The second kappa shape index (κ2) is 7.17. The number of carboxylic acids is 1. The van der Waals surface area contributed by atoms with Crippen LogP contribution < -0.4 is 10.0 Å². The number of rotatable bonds is 7. The molecule has 8 nitrogen and oxygen atoms in total. The zero-order valence-electron chi connectivity index (χ0n) is 11.9. The van der Waals surface area contributed by atoms with Gasteiger partial charge < -0.3 is 10.4 Å². The van der Waals surface area contributed by atoms with E-state index in [1.165, 1.54) is 35.2 Å². The van der Waals surface area contributed by atoms with Crippen molar-refractivity contribution < 1.29 is 23.1 Å². The van der Waals surface area contributed by atoms with Gasteiger partial charge in [-0.15, -0.1) is 22.7 Å². The van der Waals surface area contributed by atoms with E-state index >= 15 is 0 Å². The maximum Gasteiger partial charge on any atom is 0.355 e. The van der Waals surface area contributed by atoms with Crippen molar-refractivity contribution >= 4 is 44.6 Å². The van der Waals surface area contributed by atoms with Gasteiger partial charge in [0.15, 0.2) is 5.69 Å². The lowest BCUT2D eigenvalue weighted by Gasteiger charge is -2.01. The number of sulfonamides is 1. The van der Waals surface area contributed by atoms with Gasteiger partial charge >= 0.3 is 5.97 Å². The largest absolute Gasteiger partial charge is 0.476 e. The quantitative estimate of drug-likeness (QED) is 0.657. The standard InChI is InChI=1S/C12H13N3O5S3/c1-13-23(19,20)7-4-9(21-5-7)11(16)14-3-2-10-15-8(6-22-10)12(17)18/h4-6,13H,2-3H2,1H3,(H,14,16)(H,17,18). The number of carbonyl (C=O) groups excluding carboxylic acids is 1. The Labute approximate surface area is 140 Å². The molecular weight excluding hydrogens is 362 g/mol. The summed E-state index contributed by atoms with van der Waals surface area (Å²) in [5.41, 5.74) is -0.0171. The topological polar surface area (TPSA) is 125 Å². The molecule has 11 heteroatoms. The van der Waals surface area contributed by atoms with Crippen molar-refractivity contribution in [3.05, 3.63) is 32.4 Å². The lowest BCUT2D eigenvalue weighted by molar-refractivity contribution is 0.0690. The molecule has 0 radical (unpaired) electrons. The number of hydrogen-bond acceptors (Lipinski definition) is 7. The average Bonchev–Trinajstić information content (AvgIpc) is 3.16. The molecule has 124 valence electrons. The van der Waals surface area contributed by atoms with Gasteiger partial charge in [-0.25, -0.2) is 22.9 Å². The monoisotopic (exact) mass is 375 g/mol. The number of thiazole rings is 1. The molecule has 0 aliphatic carbocycles. The average molecular weight is 375 g/mol. The number of nitrogens with one attached hydrogen (secondary N) is 2. The lowest BCUT2D eigenvalue weighted by atomic mass is 10.4. The van der Waals surface area contributed by atoms with Crippen LogP contribution in [0.2, 0.25) is 0 Å². The number of thiophene rings is 1. The molecule has 0 atom stereocenters. The third kappa shape index (κ3) is 4.34. The van der Waals surface area contributed by atoms with Crippen LogP contribution >= 0.6 is 22.7 Å². The van der Waals surface area contributed by atoms with Gasteiger partial charge in [0.25, 0.3) is 5.91 Å². The molecule has 0 aromatic carbocycles. The normalized spacial score (nSPS) is 11.3. The Kier molecular flexibility index (Phi) is 5.46. The third-order valence-corrected chi connectivity index (χ3v) is 6.15. The second-order valence-electron chi connectivity index (χ2n) is 4.29. The van der Waals surface area contributed by atoms with Crippen LogP contribution in [0.5, 0.6) is 0 Å². The highest BCUT2D eigenvalue weighted by Gasteiger charge is 2.17. The van der Waals surface area contributed by atoms with Crippen LogP contribution in [0.15, 0.2) is 21.7 Å². The van der Waals surface area contributed by atoms with Crippen LogP contribution in [0.1, 0.15) is 25.2 Å². The first kappa shape index (κ1) is 17.5. The molecule has 1 amide bonds.